The van der Waals surface area contributed by atoms with E-state index < -0.39 is 5.82 Å². The van der Waals surface area contributed by atoms with Crippen molar-refractivity contribution in [2.75, 3.05) is 5.32 Å². The zero-order chi connectivity index (χ0) is 20.7. The quantitative estimate of drug-likeness (QED) is 0.625. The maximum Gasteiger partial charge on any atom is 0.240 e. The second-order valence-electron chi connectivity index (χ2n) is 7.30. The average molecular weight is 417 g/mol. The molecule has 150 valence electrons. The minimum atomic E-state index is -0.559. The van der Waals surface area contributed by atoms with Crippen LogP contribution in [0.1, 0.15) is 25.7 Å². The van der Waals surface area contributed by atoms with Crippen molar-refractivity contribution in [3.05, 3.63) is 64.9 Å². The Hall–Kier alpha value is -2.93. The number of benzene rings is 2. The Morgan fingerprint density at radius 2 is 1.93 bits per heavy atom. The summed E-state index contributed by atoms with van der Waals surface area (Å²) in [5, 5.41) is 6.15. The van der Waals surface area contributed by atoms with Gasteiger partial charge >= 0.3 is 0 Å². The van der Waals surface area contributed by atoms with Crippen LogP contribution in [0.2, 0.25) is 5.02 Å². The van der Waals surface area contributed by atoms with Crippen LogP contribution in [0.15, 0.2) is 42.5 Å². The number of fused-ring (bicyclic) bond motifs is 1. The summed E-state index contributed by atoms with van der Waals surface area (Å²) >= 11 is 5.78. The first-order valence-corrected chi connectivity index (χ1v) is 9.59. The van der Waals surface area contributed by atoms with Gasteiger partial charge in [0.15, 0.2) is 0 Å². The summed E-state index contributed by atoms with van der Waals surface area (Å²) < 4.78 is 29.2. The van der Waals surface area contributed by atoms with Crippen LogP contribution in [-0.4, -0.2) is 15.5 Å². The van der Waals surface area contributed by atoms with Gasteiger partial charge in [0.1, 0.15) is 35.5 Å². The van der Waals surface area contributed by atoms with Crippen LogP contribution >= 0.6 is 11.6 Å². The normalized spacial score (nSPS) is 15.9. The number of carbonyl (C=O) groups excluding carboxylic acids is 1. The largest absolute Gasteiger partial charge is 0.344 e. The Morgan fingerprint density at radius 3 is 2.59 bits per heavy atom. The molecule has 1 amide bonds. The fraction of sp³-hybridized carbons (Fsp3) is 0.238. The Bertz CT molecular complexity index is 1080. The molecule has 1 unspecified atom stereocenters. The first-order valence-electron chi connectivity index (χ1n) is 9.21. The maximum absolute atomic E-state index is 13.9. The molecule has 0 saturated heterocycles. The fourth-order valence-electron chi connectivity index (χ4n) is 3.41. The molecule has 1 aliphatic rings. The first-order chi connectivity index (χ1) is 13.8. The van der Waals surface area contributed by atoms with Crippen molar-refractivity contribution in [3.8, 4) is 11.3 Å². The monoisotopic (exact) mass is 416 g/mol. The van der Waals surface area contributed by atoms with Crippen molar-refractivity contribution in [2.24, 2.45) is 5.92 Å². The molecule has 0 aliphatic carbocycles. The molecule has 0 spiro atoms. The van der Waals surface area contributed by atoms with Crippen LogP contribution in [0, 0.1) is 17.6 Å². The number of imidazole rings is 1. The SMILES string of the molecule is CC(C)C1NC(=O)Cn2c1nc(-c1ccc(F)cc1)c2Nc1ccc(Cl)c(F)c1. The molecule has 2 heterocycles. The van der Waals surface area contributed by atoms with Gasteiger partial charge in [0.2, 0.25) is 5.91 Å². The predicted molar refractivity (Wildman–Crippen MR) is 108 cm³/mol. The number of carbonyl (C=O) groups is 1. The lowest BCUT2D eigenvalue weighted by Crippen LogP contribution is -2.41. The Balaban J connectivity index is 1.87. The lowest BCUT2D eigenvalue weighted by Gasteiger charge is -2.28. The van der Waals surface area contributed by atoms with Crippen LogP contribution in [0.5, 0.6) is 0 Å². The molecular weight excluding hydrogens is 398 g/mol. The summed E-state index contributed by atoms with van der Waals surface area (Å²) in [4.78, 5) is 17.1. The summed E-state index contributed by atoms with van der Waals surface area (Å²) in [5.74, 6) is 0.289. The van der Waals surface area contributed by atoms with Crippen molar-refractivity contribution in [2.45, 2.75) is 26.4 Å². The lowest BCUT2D eigenvalue weighted by atomic mass is 10.0. The minimum Gasteiger partial charge on any atom is -0.344 e. The highest BCUT2D eigenvalue weighted by molar-refractivity contribution is 6.30. The van der Waals surface area contributed by atoms with Crippen LogP contribution in [0.3, 0.4) is 0 Å². The van der Waals surface area contributed by atoms with Gasteiger partial charge in [0.25, 0.3) is 0 Å². The second-order valence-corrected chi connectivity index (χ2v) is 7.71. The van der Waals surface area contributed by atoms with E-state index in [1.807, 2.05) is 13.8 Å². The lowest BCUT2D eigenvalue weighted by molar-refractivity contribution is -0.123. The predicted octanol–water partition coefficient (Wildman–Crippen LogP) is 5.05. The number of hydrogen-bond acceptors (Lipinski definition) is 3. The zero-order valence-corrected chi connectivity index (χ0v) is 16.6. The molecule has 0 saturated carbocycles. The average Bonchev–Trinajstić information content (AvgIpc) is 3.03. The summed E-state index contributed by atoms with van der Waals surface area (Å²) in [6.07, 6.45) is 0. The molecule has 1 atom stereocenters. The van der Waals surface area contributed by atoms with Crippen LogP contribution in [0.4, 0.5) is 20.3 Å². The van der Waals surface area contributed by atoms with Gasteiger partial charge in [-0.2, -0.15) is 0 Å². The van der Waals surface area contributed by atoms with Crippen molar-refractivity contribution >= 4 is 29.0 Å². The number of rotatable bonds is 4. The van der Waals surface area contributed by atoms with E-state index in [2.05, 4.69) is 10.6 Å². The molecule has 5 nitrogen and oxygen atoms in total. The molecule has 1 aliphatic heterocycles. The third-order valence-corrected chi connectivity index (χ3v) is 5.17. The number of anilines is 2. The van der Waals surface area contributed by atoms with Crippen LogP contribution < -0.4 is 10.6 Å². The highest BCUT2D eigenvalue weighted by Gasteiger charge is 2.32. The molecule has 8 heteroatoms. The van der Waals surface area contributed by atoms with Gasteiger partial charge in [-0.25, -0.2) is 13.8 Å². The minimum absolute atomic E-state index is 0.0175. The molecular formula is C21H19ClF2N4O. The van der Waals surface area contributed by atoms with E-state index in [-0.39, 0.29) is 35.3 Å². The number of nitrogens with zero attached hydrogens (tertiary/aromatic N) is 2. The van der Waals surface area contributed by atoms with Crippen LogP contribution in [0.25, 0.3) is 11.3 Å². The van der Waals surface area contributed by atoms with Gasteiger partial charge in [0, 0.05) is 11.3 Å². The molecule has 0 bridgehead atoms. The van der Waals surface area contributed by atoms with Crippen molar-refractivity contribution in [3.63, 3.8) is 0 Å². The summed E-state index contributed by atoms with van der Waals surface area (Å²) in [6, 6.07) is 10.0. The number of aromatic nitrogens is 2. The third-order valence-electron chi connectivity index (χ3n) is 4.86. The van der Waals surface area contributed by atoms with Crippen molar-refractivity contribution < 1.29 is 13.6 Å². The second kappa shape index (κ2) is 7.48. The summed E-state index contributed by atoms with van der Waals surface area (Å²) in [6.45, 7) is 4.06. The molecule has 4 rings (SSSR count). The van der Waals surface area contributed by atoms with E-state index >= 15 is 0 Å². The number of halogens is 3. The van der Waals surface area contributed by atoms with E-state index in [0.717, 1.165) is 0 Å². The van der Waals surface area contributed by atoms with Gasteiger partial charge in [-0.3, -0.25) is 4.79 Å². The number of hydrogen-bond donors (Lipinski definition) is 2. The molecule has 0 radical (unpaired) electrons. The summed E-state index contributed by atoms with van der Waals surface area (Å²) in [5.41, 5.74) is 1.70. The van der Waals surface area contributed by atoms with E-state index in [4.69, 9.17) is 16.6 Å². The van der Waals surface area contributed by atoms with E-state index in [1.165, 1.54) is 24.3 Å². The van der Waals surface area contributed by atoms with E-state index in [1.54, 1.807) is 22.8 Å². The Kier molecular flexibility index (Phi) is 5.00. The molecule has 29 heavy (non-hydrogen) atoms. The Morgan fingerprint density at radius 1 is 1.21 bits per heavy atom. The van der Waals surface area contributed by atoms with Gasteiger partial charge in [-0.1, -0.05) is 25.4 Å². The molecule has 0 fully saturated rings. The van der Waals surface area contributed by atoms with Crippen molar-refractivity contribution in [1.82, 2.24) is 14.9 Å². The highest BCUT2D eigenvalue weighted by Crippen LogP contribution is 2.36. The smallest absolute Gasteiger partial charge is 0.240 e. The number of nitrogens with one attached hydrogen (secondary N) is 2. The van der Waals surface area contributed by atoms with Gasteiger partial charge < -0.3 is 15.2 Å². The molecule has 2 N–H and O–H groups in total. The van der Waals surface area contributed by atoms with Crippen LogP contribution in [-0.2, 0) is 11.3 Å². The van der Waals surface area contributed by atoms with E-state index in [0.29, 0.717) is 28.6 Å². The van der Waals surface area contributed by atoms with E-state index in [9.17, 15) is 13.6 Å². The Labute approximate surface area is 171 Å². The molecule has 2 aromatic carbocycles. The van der Waals surface area contributed by atoms with Gasteiger partial charge in [0.05, 0.1) is 11.1 Å². The van der Waals surface area contributed by atoms with Gasteiger partial charge in [-0.05, 0) is 48.4 Å². The zero-order valence-electron chi connectivity index (χ0n) is 15.8. The standard InChI is InChI=1S/C21H19ClF2N4O/c1-11(2)18-20-27-19(12-3-5-13(23)6-4-12)21(28(20)10-17(29)26-18)25-14-7-8-15(22)16(24)9-14/h3-9,11,18,25H,10H2,1-2H3,(H,26,29). The summed E-state index contributed by atoms with van der Waals surface area (Å²) in [7, 11) is 0. The maximum atomic E-state index is 13.9. The van der Waals surface area contributed by atoms with Gasteiger partial charge in [-0.15, -0.1) is 0 Å². The third kappa shape index (κ3) is 3.70. The molecule has 1 aromatic heterocycles. The van der Waals surface area contributed by atoms with Crippen molar-refractivity contribution in [1.29, 1.82) is 0 Å². The molecule has 3 aromatic rings. The number of amides is 1. The first kappa shape index (κ1) is 19.4. The highest BCUT2D eigenvalue weighted by atomic mass is 35.5. The topological polar surface area (TPSA) is 59.0 Å². The fourth-order valence-corrected chi connectivity index (χ4v) is 3.52.